The van der Waals surface area contributed by atoms with Crippen molar-refractivity contribution in [2.45, 2.75) is 110 Å². The first-order chi connectivity index (χ1) is 13.1. The van der Waals surface area contributed by atoms with Crippen LogP contribution in [-0.2, 0) is 19.3 Å². The standard InChI is InChI=1S/C25H36O2/c1-3-4-5-6-7-8-9-10-11-12-13-20-21-15-17-22(26)24(21)18(2)19-14-16-23(27)25(19)20/h3-17H2,1-2H3. The lowest BCUT2D eigenvalue weighted by Crippen LogP contribution is -2.08. The minimum atomic E-state index is 0.300. The molecule has 0 aliphatic heterocycles. The van der Waals surface area contributed by atoms with Crippen LogP contribution in [0.25, 0.3) is 0 Å². The monoisotopic (exact) mass is 368 g/mol. The van der Waals surface area contributed by atoms with E-state index < -0.39 is 0 Å². The predicted octanol–water partition coefficient (Wildman–Crippen LogP) is 6.72. The van der Waals surface area contributed by atoms with Gasteiger partial charge in [-0.15, -0.1) is 0 Å². The third kappa shape index (κ3) is 4.52. The molecule has 2 aliphatic rings. The van der Waals surface area contributed by atoms with E-state index in [0.717, 1.165) is 42.4 Å². The highest BCUT2D eigenvalue weighted by Crippen LogP contribution is 2.39. The number of ketones is 2. The maximum Gasteiger partial charge on any atom is 0.163 e. The van der Waals surface area contributed by atoms with Crippen molar-refractivity contribution in [3.05, 3.63) is 33.4 Å². The minimum absolute atomic E-state index is 0.300. The molecule has 3 rings (SSSR count). The molecule has 0 spiro atoms. The Kier molecular flexibility index (Phi) is 7.26. The molecule has 2 nitrogen and oxygen atoms in total. The fourth-order valence-corrected chi connectivity index (χ4v) is 5.14. The van der Waals surface area contributed by atoms with E-state index in [1.165, 1.54) is 74.5 Å². The van der Waals surface area contributed by atoms with Gasteiger partial charge < -0.3 is 0 Å². The summed E-state index contributed by atoms with van der Waals surface area (Å²) in [5.41, 5.74) is 6.76. The summed E-state index contributed by atoms with van der Waals surface area (Å²) in [6.45, 7) is 4.33. The fraction of sp³-hybridized carbons (Fsp3) is 0.680. The van der Waals surface area contributed by atoms with Gasteiger partial charge in [0.05, 0.1) is 0 Å². The zero-order chi connectivity index (χ0) is 19.2. The summed E-state index contributed by atoms with van der Waals surface area (Å²) in [6, 6.07) is 0. The quantitative estimate of drug-likeness (QED) is 0.406. The van der Waals surface area contributed by atoms with Crippen molar-refractivity contribution >= 4 is 11.6 Å². The number of hydrogen-bond donors (Lipinski definition) is 0. The van der Waals surface area contributed by atoms with Gasteiger partial charge in [-0.05, 0) is 54.9 Å². The molecule has 27 heavy (non-hydrogen) atoms. The molecule has 0 atom stereocenters. The van der Waals surface area contributed by atoms with E-state index in [4.69, 9.17) is 0 Å². The third-order valence-corrected chi connectivity index (χ3v) is 6.64. The number of carbonyl (C=O) groups excluding carboxylic acids is 2. The van der Waals surface area contributed by atoms with Crippen molar-refractivity contribution in [2.24, 2.45) is 0 Å². The number of rotatable bonds is 11. The van der Waals surface area contributed by atoms with E-state index in [2.05, 4.69) is 13.8 Å². The van der Waals surface area contributed by atoms with Gasteiger partial charge in [-0.1, -0.05) is 64.7 Å². The summed E-state index contributed by atoms with van der Waals surface area (Å²) < 4.78 is 0. The molecular formula is C25H36O2. The van der Waals surface area contributed by atoms with Gasteiger partial charge in [-0.2, -0.15) is 0 Å². The first-order valence-electron chi connectivity index (χ1n) is 11.4. The zero-order valence-electron chi connectivity index (χ0n) is 17.4. The number of benzene rings is 1. The number of Topliss-reactive ketones (excluding diaryl/α,β-unsaturated/α-hetero) is 2. The van der Waals surface area contributed by atoms with Crippen LogP contribution in [0, 0.1) is 6.92 Å². The maximum absolute atomic E-state index is 12.5. The Balaban J connectivity index is 1.53. The molecule has 0 fully saturated rings. The normalized spacial score (nSPS) is 15.5. The zero-order valence-corrected chi connectivity index (χ0v) is 17.4. The Morgan fingerprint density at radius 1 is 0.630 bits per heavy atom. The molecule has 0 heterocycles. The van der Waals surface area contributed by atoms with Crippen LogP contribution < -0.4 is 0 Å². The van der Waals surface area contributed by atoms with Crippen molar-refractivity contribution in [3.63, 3.8) is 0 Å². The van der Waals surface area contributed by atoms with E-state index in [1.807, 2.05) is 0 Å². The average molecular weight is 369 g/mol. The smallest absolute Gasteiger partial charge is 0.163 e. The summed E-state index contributed by atoms with van der Waals surface area (Å²) in [5.74, 6) is 0.617. The summed E-state index contributed by atoms with van der Waals surface area (Å²) in [4.78, 5) is 24.9. The molecule has 0 N–H and O–H groups in total. The van der Waals surface area contributed by atoms with Crippen LogP contribution in [0.3, 0.4) is 0 Å². The summed E-state index contributed by atoms with van der Waals surface area (Å²) >= 11 is 0. The highest BCUT2D eigenvalue weighted by atomic mass is 16.1. The molecule has 1 aromatic rings. The number of hydrogen-bond acceptors (Lipinski definition) is 2. The van der Waals surface area contributed by atoms with Crippen molar-refractivity contribution in [1.29, 1.82) is 0 Å². The van der Waals surface area contributed by atoms with Gasteiger partial charge in [0.2, 0.25) is 0 Å². The topological polar surface area (TPSA) is 34.1 Å². The Hall–Kier alpha value is -1.44. The Morgan fingerprint density at radius 2 is 1.15 bits per heavy atom. The molecule has 0 aromatic heterocycles. The van der Waals surface area contributed by atoms with Gasteiger partial charge in [0.1, 0.15) is 0 Å². The Morgan fingerprint density at radius 3 is 1.78 bits per heavy atom. The third-order valence-electron chi connectivity index (χ3n) is 6.64. The average Bonchev–Trinajstić information content (AvgIpc) is 3.23. The molecule has 2 aliphatic carbocycles. The molecule has 0 unspecified atom stereocenters. The second-order valence-corrected chi connectivity index (χ2v) is 8.59. The van der Waals surface area contributed by atoms with Crippen LogP contribution in [0.2, 0.25) is 0 Å². The Labute approximate surface area is 165 Å². The SMILES string of the molecule is CCCCCCCCCCCCc1c2c(c(C)c3c1C(=O)CC3)C(=O)CC2. The van der Waals surface area contributed by atoms with Crippen molar-refractivity contribution < 1.29 is 9.59 Å². The molecule has 0 radical (unpaired) electrons. The highest BCUT2D eigenvalue weighted by molar-refractivity contribution is 6.08. The van der Waals surface area contributed by atoms with Crippen molar-refractivity contribution in [1.82, 2.24) is 0 Å². The molecule has 0 saturated heterocycles. The van der Waals surface area contributed by atoms with Gasteiger partial charge in [-0.3, -0.25) is 9.59 Å². The minimum Gasteiger partial charge on any atom is -0.294 e. The van der Waals surface area contributed by atoms with E-state index in [0.29, 0.717) is 24.4 Å². The number of carbonyl (C=O) groups is 2. The lowest BCUT2D eigenvalue weighted by Gasteiger charge is -2.16. The van der Waals surface area contributed by atoms with E-state index >= 15 is 0 Å². The van der Waals surface area contributed by atoms with Crippen LogP contribution in [0.4, 0.5) is 0 Å². The molecule has 0 bridgehead atoms. The van der Waals surface area contributed by atoms with Gasteiger partial charge in [-0.25, -0.2) is 0 Å². The number of unbranched alkanes of at least 4 members (excludes halogenated alkanes) is 9. The van der Waals surface area contributed by atoms with Gasteiger partial charge >= 0.3 is 0 Å². The number of fused-ring (bicyclic) bond motifs is 2. The van der Waals surface area contributed by atoms with Gasteiger partial charge in [0, 0.05) is 24.0 Å². The molecule has 2 heteroatoms. The summed E-state index contributed by atoms with van der Waals surface area (Å²) in [7, 11) is 0. The summed E-state index contributed by atoms with van der Waals surface area (Å²) in [6.07, 6.45) is 17.2. The van der Waals surface area contributed by atoms with Crippen LogP contribution >= 0.6 is 0 Å². The molecule has 0 amide bonds. The lowest BCUT2D eigenvalue weighted by molar-refractivity contribution is 0.0985. The molecular weight excluding hydrogens is 332 g/mol. The fourth-order valence-electron chi connectivity index (χ4n) is 5.14. The first kappa shape index (κ1) is 20.3. The van der Waals surface area contributed by atoms with Crippen LogP contribution in [0.1, 0.15) is 127 Å². The Bertz CT molecular complexity index is 699. The first-order valence-corrected chi connectivity index (χ1v) is 11.4. The molecule has 0 saturated carbocycles. The van der Waals surface area contributed by atoms with Crippen LogP contribution in [-0.4, -0.2) is 11.6 Å². The van der Waals surface area contributed by atoms with Gasteiger partial charge in [0.15, 0.2) is 11.6 Å². The van der Waals surface area contributed by atoms with Gasteiger partial charge in [0.25, 0.3) is 0 Å². The predicted molar refractivity (Wildman–Crippen MR) is 112 cm³/mol. The maximum atomic E-state index is 12.5. The van der Waals surface area contributed by atoms with Crippen molar-refractivity contribution in [2.75, 3.05) is 0 Å². The second kappa shape index (κ2) is 9.66. The van der Waals surface area contributed by atoms with Crippen molar-refractivity contribution in [3.8, 4) is 0 Å². The molecule has 148 valence electrons. The van der Waals surface area contributed by atoms with Crippen LogP contribution in [0.5, 0.6) is 0 Å². The van der Waals surface area contributed by atoms with E-state index in [-0.39, 0.29) is 0 Å². The van der Waals surface area contributed by atoms with E-state index in [9.17, 15) is 9.59 Å². The molecule has 1 aromatic carbocycles. The van der Waals surface area contributed by atoms with E-state index in [1.54, 1.807) is 0 Å². The van der Waals surface area contributed by atoms with Crippen LogP contribution in [0.15, 0.2) is 0 Å². The largest absolute Gasteiger partial charge is 0.294 e. The highest BCUT2D eigenvalue weighted by Gasteiger charge is 2.33. The summed E-state index contributed by atoms with van der Waals surface area (Å²) in [5, 5.41) is 0. The lowest BCUT2D eigenvalue weighted by atomic mass is 9.87. The second-order valence-electron chi connectivity index (χ2n) is 8.59.